The van der Waals surface area contributed by atoms with Crippen LogP contribution in [0.25, 0.3) is 0 Å². The third-order valence-corrected chi connectivity index (χ3v) is 2.78. The van der Waals surface area contributed by atoms with Crippen molar-refractivity contribution in [1.82, 2.24) is 4.90 Å². The Labute approximate surface area is 103 Å². The summed E-state index contributed by atoms with van der Waals surface area (Å²) in [5.41, 5.74) is 1.24. The number of hydrogen-bond donors (Lipinski definition) is 1. The van der Waals surface area contributed by atoms with Crippen molar-refractivity contribution < 1.29 is 9.90 Å². The third-order valence-electron chi connectivity index (χ3n) is 2.78. The smallest absolute Gasteiger partial charge is 0.222 e. The van der Waals surface area contributed by atoms with Gasteiger partial charge in [0.2, 0.25) is 5.91 Å². The van der Waals surface area contributed by atoms with Crippen LogP contribution < -0.4 is 0 Å². The molecule has 17 heavy (non-hydrogen) atoms. The molecule has 1 atom stereocenters. The van der Waals surface area contributed by atoms with Gasteiger partial charge in [-0.25, -0.2) is 0 Å². The Bertz CT molecular complexity index is 335. The lowest BCUT2D eigenvalue weighted by Gasteiger charge is -2.17. The number of rotatable bonds is 6. The van der Waals surface area contributed by atoms with Crippen molar-refractivity contribution in [1.29, 1.82) is 0 Å². The molecule has 0 aliphatic heterocycles. The number of carbonyl (C=O) groups excluding carboxylic acids is 1. The SMILES string of the molecule is CC(O)CCC(=O)N(C)CCc1ccccc1. The van der Waals surface area contributed by atoms with Gasteiger partial charge in [-0.05, 0) is 25.3 Å². The van der Waals surface area contributed by atoms with Gasteiger partial charge < -0.3 is 10.0 Å². The van der Waals surface area contributed by atoms with Gasteiger partial charge in [-0.15, -0.1) is 0 Å². The fourth-order valence-corrected chi connectivity index (χ4v) is 1.59. The maximum Gasteiger partial charge on any atom is 0.222 e. The predicted octanol–water partition coefficient (Wildman–Crippen LogP) is 1.85. The van der Waals surface area contributed by atoms with Gasteiger partial charge in [0, 0.05) is 20.0 Å². The summed E-state index contributed by atoms with van der Waals surface area (Å²) in [5, 5.41) is 9.12. The molecule has 0 bridgehead atoms. The highest BCUT2D eigenvalue weighted by Crippen LogP contribution is 2.03. The number of benzene rings is 1. The van der Waals surface area contributed by atoms with E-state index in [-0.39, 0.29) is 5.91 Å². The number of aliphatic hydroxyl groups excluding tert-OH is 1. The molecule has 0 fully saturated rings. The molecule has 0 saturated heterocycles. The van der Waals surface area contributed by atoms with E-state index in [1.165, 1.54) is 5.56 Å². The highest BCUT2D eigenvalue weighted by atomic mass is 16.3. The zero-order valence-corrected chi connectivity index (χ0v) is 10.6. The van der Waals surface area contributed by atoms with Crippen molar-refractivity contribution in [2.24, 2.45) is 0 Å². The summed E-state index contributed by atoms with van der Waals surface area (Å²) in [6.45, 7) is 2.43. The molecule has 0 radical (unpaired) electrons. The molecule has 0 heterocycles. The number of hydrogen-bond acceptors (Lipinski definition) is 2. The van der Waals surface area contributed by atoms with E-state index in [0.717, 1.165) is 13.0 Å². The molecule has 1 aromatic carbocycles. The summed E-state index contributed by atoms with van der Waals surface area (Å²) in [6.07, 6.45) is 1.43. The maximum absolute atomic E-state index is 11.7. The monoisotopic (exact) mass is 235 g/mol. The van der Waals surface area contributed by atoms with E-state index in [1.807, 2.05) is 25.2 Å². The largest absolute Gasteiger partial charge is 0.393 e. The number of carbonyl (C=O) groups is 1. The zero-order valence-electron chi connectivity index (χ0n) is 10.6. The van der Waals surface area contributed by atoms with Gasteiger partial charge in [0.15, 0.2) is 0 Å². The van der Waals surface area contributed by atoms with Crippen LogP contribution in [0.4, 0.5) is 0 Å². The van der Waals surface area contributed by atoms with Crippen LogP contribution in [0.2, 0.25) is 0 Å². The van der Waals surface area contributed by atoms with E-state index in [1.54, 1.807) is 11.8 Å². The molecule has 1 aromatic rings. The molecule has 0 aromatic heterocycles. The Kier molecular flexibility index (Phi) is 5.70. The number of likely N-dealkylation sites (N-methyl/N-ethyl adjacent to an activating group) is 1. The quantitative estimate of drug-likeness (QED) is 0.817. The molecule has 0 aliphatic rings. The van der Waals surface area contributed by atoms with Crippen molar-refractivity contribution in [3.05, 3.63) is 35.9 Å². The van der Waals surface area contributed by atoms with Gasteiger partial charge in [0.25, 0.3) is 0 Å². The molecular weight excluding hydrogens is 214 g/mol. The van der Waals surface area contributed by atoms with Crippen LogP contribution in [0.3, 0.4) is 0 Å². The summed E-state index contributed by atoms with van der Waals surface area (Å²) in [5.74, 6) is 0.0989. The minimum atomic E-state index is -0.401. The second-order valence-electron chi connectivity index (χ2n) is 4.44. The Hall–Kier alpha value is -1.35. The molecule has 3 nitrogen and oxygen atoms in total. The zero-order chi connectivity index (χ0) is 12.7. The van der Waals surface area contributed by atoms with Crippen LogP contribution in [0, 0.1) is 0 Å². The van der Waals surface area contributed by atoms with Gasteiger partial charge in [-0.1, -0.05) is 30.3 Å². The first kappa shape index (κ1) is 13.7. The number of amides is 1. The molecule has 0 aliphatic carbocycles. The van der Waals surface area contributed by atoms with Crippen LogP contribution >= 0.6 is 0 Å². The molecule has 1 N–H and O–H groups in total. The minimum Gasteiger partial charge on any atom is -0.393 e. The summed E-state index contributed by atoms with van der Waals surface area (Å²) in [7, 11) is 1.81. The molecule has 1 rings (SSSR count). The summed E-state index contributed by atoms with van der Waals surface area (Å²) < 4.78 is 0. The Balaban J connectivity index is 2.29. The van der Waals surface area contributed by atoms with E-state index < -0.39 is 6.10 Å². The van der Waals surface area contributed by atoms with Gasteiger partial charge >= 0.3 is 0 Å². The van der Waals surface area contributed by atoms with Crippen molar-refractivity contribution in [3.63, 3.8) is 0 Å². The summed E-state index contributed by atoms with van der Waals surface area (Å²) in [6, 6.07) is 10.1. The van der Waals surface area contributed by atoms with Gasteiger partial charge in [-0.2, -0.15) is 0 Å². The van der Waals surface area contributed by atoms with Crippen molar-refractivity contribution in [2.75, 3.05) is 13.6 Å². The van der Waals surface area contributed by atoms with E-state index >= 15 is 0 Å². The number of nitrogens with zero attached hydrogens (tertiary/aromatic N) is 1. The van der Waals surface area contributed by atoms with Crippen LogP contribution in [-0.4, -0.2) is 35.6 Å². The second kappa shape index (κ2) is 7.07. The van der Waals surface area contributed by atoms with E-state index in [2.05, 4.69) is 12.1 Å². The maximum atomic E-state index is 11.7. The van der Waals surface area contributed by atoms with E-state index in [0.29, 0.717) is 12.8 Å². The number of aliphatic hydroxyl groups is 1. The molecule has 1 amide bonds. The average molecular weight is 235 g/mol. The first-order valence-corrected chi connectivity index (χ1v) is 6.05. The summed E-state index contributed by atoms with van der Waals surface area (Å²) >= 11 is 0. The lowest BCUT2D eigenvalue weighted by molar-refractivity contribution is -0.130. The standard InChI is InChI=1S/C14H21NO2/c1-12(16)8-9-14(17)15(2)11-10-13-6-4-3-5-7-13/h3-7,12,16H,8-11H2,1-2H3. The fourth-order valence-electron chi connectivity index (χ4n) is 1.59. The second-order valence-corrected chi connectivity index (χ2v) is 4.44. The van der Waals surface area contributed by atoms with Crippen molar-refractivity contribution in [3.8, 4) is 0 Å². The Morgan fingerprint density at radius 3 is 2.59 bits per heavy atom. The van der Waals surface area contributed by atoms with Crippen molar-refractivity contribution in [2.45, 2.75) is 32.3 Å². The predicted molar refractivity (Wildman–Crippen MR) is 68.7 cm³/mol. The highest BCUT2D eigenvalue weighted by Gasteiger charge is 2.09. The van der Waals surface area contributed by atoms with Gasteiger partial charge in [-0.3, -0.25) is 4.79 Å². The minimum absolute atomic E-state index is 0.0989. The molecular formula is C14H21NO2. The fraction of sp³-hybridized carbons (Fsp3) is 0.500. The average Bonchev–Trinajstić information content (AvgIpc) is 2.34. The molecule has 3 heteroatoms. The Morgan fingerprint density at radius 2 is 2.00 bits per heavy atom. The highest BCUT2D eigenvalue weighted by molar-refractivity contribution is 5.75. The van der Waals surface area contributed by atoms with Gasteiger partial charge in [0.1, 0.15) is 0 Å². The molecule has 0 saturated carbocycles. The molecule has 94 valence electrons. The van der Waals surface area contributed by atoms with Crippen LogP contribution in [0.15, 0.2) is 30.3 Å². The van der Waals surface area contributed by atoms with Crippen LogP contribution in [-0.2, 0) is 11.2 Å². The topological polar surface area (TPSA) is 40.5 Å². The third kappa shape index (κ3) is 5.50. The molecule has 0 spiro atoms. The summed E-state index contributed by atoms with van der Waals surface area (Å²) in [4.78, 5) is 13.4. The van der Waals surface area contributed by atoms with Gasteiger partial charge in [0.05, 0.1) is 6.10 Å². The van der Waals surface area contributed by atoms with Crippen LogP contribution in [0.1, 0.15) is 25.3 Å². The van der Waals surface area contributed by atoms with E-state index in [4.69, 9.17) is 5.11 Å². The van der Waals surface area contributed by atoms with Crippen LogP contribution in [0.5, 0.6) is 0 Å². The lowest BCUT2D eigenvalue weighted by atomic mass is 10.1. The van der Waals surface area contributed by atoms with Crippen molar-refractivity contribution >= 4 is 5.91 Å². The first-order chi connectivity index (χ1) is 8.09. The van der Waals surface area contributed by atoms with E-state index in [9.17, 15) is 4.79 Å². The molecule has 1 unspecified atom stereocenters. The lowest BCUT2D eigenvalue weighted by Crippen LogP contribution is -2.29. The normalized spacial score (nSPS) is 12.2. The Morgan fingerprint density at radius 1 is 1.35 bits per heavy atom. The first-order valence-electron chi connectivity index (χ1n) is 6.05.